The third kappa shape index (κ3) is 1.29. The van der Waals surface area contributed by atoms with Gasteiger partial charge in [-0.1, -0.05) is 0 Å². The smallest absolute Gasteiger partial charge is 0.109 e. The fourth-order valence-electron chi connectivity index (χ4n) is 1.11. The lowest BCUT2D eigenvalue weighted by atomic mass is 10.4. The van der Waals surface area contributed by atoms with Gasteiger partial charge in [0.1, 0.15) is 12.0 Å². The van der Waals surface area contributed by atoms with Crippen molar-refractivity contribution in [3.05, 3.63) is 6.61 Å². The Hall–Kier alpha value is 0.230. The molecule has 2 aliphatic heterocycles. The van der Waals surface area contributed by atoms with Gasteiger partial charge >= 0.3 is 0 Å². The summed E-state index contributed by atoms with van der Waals surface area (Å²) >= 11 is 1.52. The van der Waals surface area contributed by atoms with Gasteiger partial charge in [0.25, 0.3) is 0 Å². The Morgan fingerprint density at radius 1 is 1.60 bits per heavy atom. The third-order valence-corrected chi connectivity index (χ3v) is 2.62. The molecule has 1 radical (unpaired) electrons. The van der Waals surface area contributed by atoms with E-state index in [1.54, 1.807) is 0 Å². The zero-order valence-corrected chi connectivity index (χ0v) is 6.47. The molecule has 2 heterocycles. The molecule has 0 aromatic carbocycles. The van der Waals surface area contributed by atoms with Crippen molar-refractivity contribution < 1.29 is 9.02 Å². The van der Waals surface area contributed by atoms with Crippen LogP contribution in [-0.2, 0) is 9.02 Å². The van der Waals surface area contributed by atoms with E-state index in [2.05, 4.69) is 0 Å². The van der Waals surface area contributed by atoms with Crippen molar-refractivity contribution in [2.45, 2.75) is 18.2 Å². The van der Waals surface area contributed by atoms with E-state index in [1.807, 2.05) is 11.7 Å². The van der Waals surface area contributed by atoms with Crippen LogP contribution in [0.25, 0.3) is 0 Å². The summed E-state index contributed by atoms with van der Waals surface area (Å²) in [5, 5.41) is 2.41. The van der Waals surface area contributed by atoms with E-state index in [4.69, 9.17) is 9.02 Å². The molecule has 2 rings (SSSR count). The van der Waals surface area contributed by atoms with Gasteiger partial charge in [0.2, 0.25) is 0 Å². The second-order valence-corrected chi connectivity index (χ2v) is 3.34. The van der Waals surface area contributed by atoms with E-state index >= 15 is 0 Å². The lowest BCUT2D eigenvalue weighted by molar-refractivity contribution is -0.0933. The highest BCUT2D eigenvalue weighted by Crippen LogP contribution is 2.29. The van der Waals surface area contributed by atoms with Gasteiger partial charge in [-0.05, 0) is 6.42 Å². The molecule has 1 atom stereocenters. The second-order valence-electron chi connectivity index (χ2n) is 2.36. The Morgan fingerprint density at radius 2 is 2.60 bits per heavy atom. The van der Waals surface area contributed by atoms with Crippen LogP contribution in [0.5, 0.6) is 0 Å². The molecule has 57 valence electrons. The van der Waals surface area contributed by atoms with E-state index in [0.717, 1.165) is 26.0 Å². The zero-order valence-electron chi connectivity index (χ0n) is 5.66. The summed E-state index contributed by atoms with van der Waals surface area (Å²) in [6, 6.07) is 0. The molecule has 0 aromatic heterocycles. The Labute approximate surface area is 64.8 Å². The van der Waals surface area contributed by atoms with Crippen molar-refractivity contribution in [3.8, 4) is 0 Å². The Morgan fingerprint density at radius 3 is 3.20 bits per heavy atom. The number of nitrogens with zero attached hydrogens (tertiary/aromatic N) is 1. The van der Waals surface area contributed by atoms with Crippen LogP contribution in [0.1, 0.15) is 12.8 Å². The maximum absolute atomic E-state index is 5.24. The molecule has 0 bridgehead atoms. The minimum absolute atomic E-state index is 0.429. The predicted molar refractivity (Wildman–Crippen MR) is 38.7 cm³/mol. The monoisotopic (exact) mass is 160 g/mol. The molecule has 2 saturated heterocycles. The van der Waals surface area contributed by atoms with Crippen LogP contribution in [0, 0.1) is 6.61 Å². The summed E-state index contributed by atoms with van der Waals surface area (Å²) in [4.78, 5) is 5.24. The van der Waals surface area contributed by atoms with Crippen molar-refractivity contribution in [3.63, 3.8) is 0 Å². The standard InChI is InChI=1S/C6H10NO2S/c1-3-7(8-4-1)6-2-5-9-10-6/h4,6H,1-3,5H2. The highest BCUT2D eigenvalue weighted by Gasteiger charge is 2.27. The molecule has 0 aliphatic carbocycles. The van der Waals surface area contributed by atoms with Crippen LogP contribution < -0.4 is 0 Å². The van der Waals surface area contributed by atoms with Gasteiger partial charge in [-0.3, -0.25) is 4.84 Å². The van der Waals surface area contributed by atoms with E-state index in [-0.39, 0.29) is 0 Å². The maximum Gasteiger partial charge on any atom is 0.109 e. The molecule has 0 saturated carbocycles. The van der Waals surface area contributed by atoms with E-state index < -0.39 is 0 Å². The number of hydrogen-bond donors (Lipinski definition) is 0. The Kier molecular flexibility index (Phi) is 2.13. The zero-order chi connectivity index (χ0) is 6.81. The van der Waals surface area contributed by atoms with Gasteiger partial charge in [-0.15, -0.1) is 0 Å². The van der Waals surface area contributed by atoms with Gasteiger partial charge < -0.3 is 4.18 Å². The van der Waals surface area contributed by atoms with E-state index in [9.17, 15) is 0 Å². The molecule has 10 heavy (non-hydrogen) atoms. The number of hydrogen-bond acceptors (Lipinski definition) is 4. The lowest BCUT2D eigenvalue weighted by Gasteiger charge is -2.17. The SMILES string of the molecule is [CH]1CCN(C2CCOS2)O1. The summed E-state index contributed by atoms with van der Waals surface area (Å²) in [5.41, 5.74) is 0. The Bertz CT molecular complexity index is 96.3. The first kappa shape index (κ1) is 6.91. The van der Waals surface area contributed by atoms with Gasteiger partial charge in [-0.25, -0.2) is 0 Å². The first-order valence-corrected chi connectivity index (χ1v) is 4.30. The van der Waals surface area contributed by atoms with Crippen molar-refractivity contribution in [1.29, 1.82) is 0 Å². The summed E-state index contributed by atoms with van der Waals surface area (Å²) in [6.45, 7) is 3.72. The minimum Gasteiger partial charge on any atom is -0.314 e. The average molecular weight is 160 g/mol. The molecular weight excluding hydrogens is 150 g/mol. The van der Waals surface area contributed by atoms with Crippen LogP contribution in [0.3, 0.4) is 0 Å². The molecule has 4 heteroatoms. The van der Waals surface area contributed by atoms with Crippen LogP contribution >= 0.6 is 12.0 Å². The van der Waals surface area contributed by atoms with Crippen LogP contribution in [0.15, 0.2) is 0 Å². The normalized spacial score (nSPS) is 35.4. The summed E-state index contributed by atoms with van der Waals surface area (Å²) in [6.07, 6.45) is 2.12. The molecule has 0 amide bonds. The quantitative estimate of drug-likeness (QED) is 0.537. The summed E-state index contributed by atoms with van der Waals surface area (Å²) in [7, 11) is 0. The highest BCUT2D eigenvalue weighted by molar-refractivity contribution is 7.95. The predicted octanol–water partition coefficient (Wildman–Crippen LogP) is 1.18. The second kappa shape index (κ2) is 3.09. The van der Waals surface area contributed by atoms with Crippen LogP contribution in [0.4, 0.5) is 0 Å². The van der Waals surface area contributed by atoms with E-state index in [1.165, 1.54) is 12.0 Å². The number of rotatable bonds is 1. The van der Waals surface area contributed by atoms with Gasteiger partial charge in [0, 0.05) is 25.0 Å². The van der Waals surface area contributed by atoms with Crippen molar-refractivity contribution in [1.82, 2.24) is 5.06 Å². The highest BCUT2D eigenvalue weighted by atomic mass is 32.2. The molecule has 2 fully saturated rings. The molecule has 2 aliphatic rings. The van der Waals surface area contributed by atoms with Crippen molar-refractivity contribution >= 4 is 12.0 Å². The topological polar surface area (TPSA) is 21.7 Å². The van der Waals surface area contributed by atoms with Crippen molar-refractivity contribution in [2.24, 2.45) is 0 Å². The minimum atomic E-state index is 0.429. The largest absolute Gasteiger partial charge is 0.314 e. The van der Waals surface area contributed by atoms with Gasteiger partial charge in [-0.2, -0.15) is 5.06 Å². The average Bonchev–Trinajstić information content (AvgIpc) is 2.59. The lowest BCUT2D eigenvalue weighted by Crippen LogP contribution is -2.26. The maximum atomic E-state index is 5.24. The molecule has 1 unspecified atom stereocenters. The molecular formula is C6H10NO2S. The summed E-state index contributed by atoms with van der Waals surface area (Å²) in [5.74, 6) is 0. The van der Waals surface area contributed by atoms with Crippen LogP contribution in [-0.4, -0.2) is 23.6 Å². The Balaban J connectivity index is 1.85. The number of hydroxylamine groups is 2. The third-order valence-electron chi connectivity index (χ3n) is 1.63. The van der Waals surface area contributed by atoms with Gasteiger partial charge in [0.05, 0.1) is 6.61 Å². The van der Waals surface area contributed by atoms with Crippen molar-refractivity contribution in [2.75, 3.05) is 13.2 Å². The first-order valence-electron chi connectivity index (χ1n) is 3.50. The fourth-order valence-corrected chi connectivity index (χ4v) is 1.90. The first-order chi connectivity index (χ1) is 4.97. The molecule has 3 nitrogen and oxygen atoms in total. The van der Waals surface area contributed by atoms with Crippen LogP contribution in [0.2, 0.25) is 0 Å². The van der Waals surface area contributed by atoms with E-state index in [0.29, 0.717) is 5.37 Å². The molecule has 0 spiro atoms. The molecule has 0 aromatic rings. The fraction of sp³-hybridized carbons (Fsp3) is 0.833. The summed E-state index contributed by atoms with van der Waals surface area (Å²) < 4.78 is 5.15. The van der Waals surface area contributed by atoms with Gasteiger partial charge in [0.15, 0.2) is 0 Å². The molecule has 0 N–H and O–H groups in total.